The summed E-state index contributed by atoms with van der Waals surface area (Å²) in [6, 6.07) is 8.44. The van der Waals surface area contributed by atoms with E-state index in [9.17, 15) is 4.79 Å². The number of halogens is 1. The fourth-order valence-corrected chi connectivity index (χ4v) is 4.36. The molecule has 0 atom stereocenters. The Morgan fingerprint density at radius 1 is 1.10 bits per heavy atom. The Hall–Kier alpha value is -2.32. The number of fused-ring (bicyclic) bond motifs is 1. The Labute approximate surface area is 179 Å². The molecule has 0 unspecified atom stereocenters. The van der Waals surface area contributed by atoms with Crippen molar-refractivity contribution in [3.05, 3.63) is 51.3 Å². The summed E-state index contributed by atoms with van der Waals surface area (Å²) in [5, 5.41) is 11.5. The second-order valence-corrected chi connectivity index (χ2v) is 9.42. The van der Waals surface area contributed by atoms with E-state index >= 15 is 0 Å². The average Bonchev–Trinajstić information content (AvgIpc) is 2.68. The Morgan fingerprint density at radius 2 is 1.79 bits per heavy atom. The highest BCUT2D eigenvalue weighted by Gasteiger charge is 2.25. The van der Waals surface area contributed by atoms with Gasteiger partial charge in [0, 0.05) is 71.1 Å². The van der Waals surface area contributed by atoms with Crippen LogP contribution in [-0.4, -0.2) is 57.3 Å². The first-order valence-electron chi connectivity index (χ1n) is 9.89. The van der Waals surface area contributed by atoms with Crippen molar-refractivity contribution < 1.29 is 0 Å². The molecule has 0 aliphatic carbocycles. The van der Waals surface area contributed by atoms with E-state index in [-0.39, 0.29) is 11.0 Å². The van der Waals surface area contributed by atoms with Crippen molar-refractivity contribution in [1.29, 1.82) is 0 Å². The molecule has 0 bridgehead atoms. The highest BCUT2D eigenvalue weighted by Crippen LogP contribution is 2.23. The first-order chi connectivity index (χ1) is 13.8. The van der Waals surface area contributed by atoms with Crippen LogP contribution in [0, 0.1) is 0 Å². The minimum absolute atomic E-state index is 0.0913. The van der Waals surface area contributed by atoms with Crippen molar-refractivity contribution in [2.24, 2.45) is 0 Å². The number of aromatic amines is 1. The zero-order chi connectivity index (χ0) is 20.6. The monoisotopic (exact) mass is 458 g/mol. The maximum Gasteiger partial charge on any atom is 0.209 e. The van der Waals surface area contributed by atoms with Gasteiger partial charge in [-0.2, -0.15) is 5.10 Å². The lowest BCUT2D eigenvalue weighted by atomic mass is 10.0. The molecular weight excluding hydrogens is 432 g/mol. The Kier molecular flexibility index (Phi) is 5.40. The number of piperazine rings is 1. The Morgan fingerprint density at radius 3 is 2.45 bits per heavy atom. The van der Waals surface area contributed by atoms with Crippen LogP contribution in [0.1, 0.15) is 20.8 Å². The van der Waals surface area contributed by atoms with Crippen LogP contribution in [0.25, 0.3) is 11.9 Å². The van der Waals surface area contributed by atoms with Crippen molar-refractivity contribution >= 4 is 39.4 Å². The van der Waals surface area contributed by atoms with Gasteiger partial charge in [0.1, 0.15) is 0 Å². The average molecular weight is 459 g/mol. The molecule has 8 heteroatoms. The zero-order valence-electron chi connectivity index (χ0n) is 17.1. The summed E-state index contributed by atoms with van der Waals surface area (Å²) in [6.07, 6.45) is 3.15. The van der Waals surface area contributed by atoms with E-state index in [2.05, 4.69) is 86.5 Å². The van der Waals surface area contributed by atoms with Gasteiger partial charge < -0.3 is 14.1 Å². The third-order valence-electron chi connectivity index (χ3n) is 5.52. The fourth-order valence-electron chi connectivity index (χ4n) is 3.90. The van der Waals surface area contributed by atoms with Crippen LogP contribution in [0.15, 0.2) is 35.3 Å². The fraction of sp³-hybridized carbons (Fsp3) is 0.429. The smallest absolute Gasteiger partial charge is 0.209 e. The molecule has 1 fully saturated rings. The number of rotatable bonds is 3. The number of H-pyrrole nitrogens is 1. The van der Waals surface area contributed by atoms with Crippen LogP contribution in [0.2, 0.25) is 0 Å². The van der Waals surface area contributed by atoms with E-state index in [1.165, 1.54) is 11.9 Å². The van der Waals surface area contributed by atoms with Gasteiger partial charge in [-0.3, -0.25) is 14.8 Å². The predicted molar refractivity (Wildman–Crippen MR) is 121 cm³/mol. The summed E-state index contributed by atoms with van der Waals surface area (Å²) in [4.78, 5) is 17.3. The van der Waals surface area contributed by atoms with Crippen LogP contribution < -0.4 is 26.2 Å². The van der Waals surface area contributed by atoms with Crippen molar-refractivity contribution in [3.8, 4) is 0 Å². The third-order valence-corrected chi connectivity index (χ3v) is 5.97. The predicted octanol–water partition coefficient (Wildman–Crippen LogP) is 1.27. The summed E-state index contributed by atoms with van der Waals surface area (Å²) in [5.41, 5.74) is 3.17. The number of anilines is 2. The van der Waals surface area contributed by atoms with E-state index in [1.807, 2.05) is 10.1 Å². The van der Waals surface area contributed by atoms with Crippen LogP contribution >= 0.6 is 16.1 Å². The summed E-state index contributed by atoms with van der Waals surface area (Å²) < 4.78 is 1.85. The van der Waals surface area contributed by atoms with Gasteiger partial charge in [-0.15, -0.1) is 0 Å². The molecule has 1 aromatic heterocycles. The molecule has 154 valence electrons. The highest BCUT2D eigenvalue weighted by molar-refractivity contribution is 9.07. The number of nitrogens with zero attached hydrogens (tertiary/aromatic N) is 4. The van der Waals surface area contributed by atoms with Gasteiger partial charge in [-0.05, 0) is 45.0 Å². The molecule has 2 aliphatic rings. The van der Waals surface area contributed by atoms with Crippen LogP contribution in [0.4, 0.5) is 11.4 Å². The molecule has 2 N–H and O–H groups in total. The second kappa shape index (κ2) is 7.84. The van der Waals surface area contributed by atoms with E-state index in [1.54, 1.807) is 0 Å². The molecule has 0 spiro atoms. The first-order valence-corrected chi connectivity index (χ1v) is 10.6. The third kappa shape index (κ3) is 4.33. The van der Waals surface area contributed by atoms with Crippen molar-refractivity contribution in [3.63, 3.8) is 0 Å². The van der Waals surface area contributed by atoms with Gasteiger partial charge in [0.25, 0.3) is 0 Å². The van der Waals surface area contributed by atoms with Gasteiger partial charge >= 0.3 is 0 Å². The number of nitrogens with one attached hydrogen (secondary N) is 2. The molecule has 29 heavy (non-hydrogen) atoms. The van der Waals surface area contributed by atoms with Crippen molar-refractivity contribution in [1.82, 2.24) is 19.0 Å². The molecule has 2 aromatic rings. The standard InChI is InChI=1S/C21H27BrN6O/c1-21(2,3)27-10-8-26(9-11-27)16-6-4-15(5-7-16)24-17-13-28(22)14-18-20(17)19(29)12-23-25-18/h4-7,12,14,24-25H,8-11,13H2,1-3H3. The number of benzene rings is 1. The summed E-state index contributed by atoms with van der Waals surface area (Å²) in [6.45, 7) is 11.6. The molecule has 1 saturated heterocycles. The maximum atomic E-state index is 12.3. The van der Waals surface area contributed by atoms with Crippen LogP contribution in [-0.2, 0) is 0 Å². The largest absolute Gasteiger partial charge is 0.369 e. The van der Waals surface area contributed by atoms with E-state index in [0.29, 0.717) is 17.1 Å². The van der Waals surface area contributed by atoms with Crippen LogP contribution in [0.3, 0.4) is 0 Å². The van der Waals surface area contributed by atoms with Crippen LogP contribution in [0.5, 0.6) is 0 Å². The quantitative estimate of drug-likeness (QED) is 0.675. The topological polar surface area (TPSA) is 67.5 Å². The van der Waals surface area contributed by atoms with E-state index < -0.39 is 0 Å². The Balaban J connectivity index is 1.51. The van der Waals surface area contributed by atoms with Gasteiger partial charge in [-0.1, -0.05) is 0 Å². The number of aromatic nitrogens is 2. The lowest BCUT2D eigenvalue weighted by Crippen LogP contribution is -2.53. The lowest BCUT2D eigenvalue weighted by molar-refractivity contribution is 0.128. The zero-order valence-corrected chi connectivity index (χ0v) is 18.7. The van der Waals surface area contributed by atoms with Gasteiger partial charge in [0.2, 0.25) is 5.43 Å². The second-order valence-electron chi connectivity index (χ2n) is 8.51. The molecule has 2 aliphatic heterocycles. The first kappa shape index (κ1) is 20.0. The lowest BCUT2D eigenvalue weighted by Gasteiger charge is -2.43. The number of hydrogen-bond donors (Lipinski definition) is 2. The molecule has 4 rings (SSSR count). The van der Waals surface area contributed by atoms with Crippen molar-refractivity contribution in [2.45, 2.75) is 26.3 Å². The minimum atomic E-state index is -0.0913. The van der Waals surface area contributed by atoms with Gasteiger partial charge in [-0.25, -0.2) is 0 Å². The summed E-state index contributed by atoms with van der Waals surface area (Å²) in [7, 11) is 0. The van der Waals surface area contributed by atoms with Gasteiger partial charge in [0.05, 0.1) is 23.3 Å². The van der Waals surface area contributed by atoms with E-state index in [0.717, 1.165) is 37.6 Å². The molecular formula is C21H27BrN6O. The van der Waals surface area contributed by atoms with Gasteiger partial charge in [0.15, 0.2) is 0 Å². The summed E-state index contributed by atoms with van der Waals surface area (Å²) >= 11 is 3.48. The highest BCUT2D eigenvalue weighted by atomic mass is 79.9. The molecule has 3 heterocycles. The molecule has 0 amide bonds. The normalized spacial score (nSPS) is 17.7. The van der Waals surface area contributed by atoms with E-state index in [4.69, 9.17) is 0 Å². The Bertz CT molecular complexity index is 1050. The summed E-state index contributed by atoms with van der Waals surface area (Å²) in [5.74, 6) is 0. The SMILES string of the molecule is CC(C)(C)N1CCN(c2ccc(NC3=c4c(=O)cn[nH]c4=CN(Br)C3)cc2)CC1. The molecule has 1 aromatic carbocycles. The molecule has 7 nitrogen and oxygen atoms in total. The molecule has 0 radical (unpaired) electrons. The minimum Gasteiger partial charge on any atom is -0.369 e. The maximum absolute atomic E-state index is 12.3. The number of hydrogen-bond acceptors (Lipinski definition) is 6. The molecule has 0 saturated carbocycles. The van der Waals surface area contributed by atoms with Crippen molar-refractivity contribution in [2.75, 3.05) is 42.9 Å².